The Hall–Kier alpha value is -0.610. The first kappa shape index (κ1) is 9.93. The molecule has 1 amide bonds. The minimum Gasteiger partial charge on any atom is -0.341 e. The topological polar surface area (TPSA) is 44.4 Å². The van der Waals surface area contributed by atoms with E-state index in [4.69, 9.17) is 0 Å². The number of hydrogen-bond donors (Lipinski definition) is 2. The van der Waals surface area contributed by atoms with Crippen LogP contribution in [-0.4, -0.2) is 50.1 Å². The molecule has 14 heavy (non-hydrogen) atoms. The Morgan fingerprint density at radius 3 is 3.07 bits per heavy atom. The van der Waals surface area contributed by atoms with Gasteiger partial charge in [-0.1, -0.05) is 0 Å². The summed E-state index contributed by atoms with van der Waals surface area (Å²) in [5, 5.41) is 6.48. The minimum atomic E-state index is 0.273. The summed E-state index contributed by atoms with van der Waals surface area (Å²) < 4.78 is 0. The normalized spacial score (nSPS) is 29.3. The van der Waals surface area contributed by atoms with Crippen LogP contribution in [0.5, 0.6) is 0 Å². The highest BCUT2D eigenvalue weighted by Gasteiger charge is 2.22. The Morgan fingerprint density at radius 1 is 1.36 bits per heavy atom. The number of carbonyl (C=O) groups excluding carboxylic acids is 1. The van der Waals surface area contributed by atoms with E-state index >= 15 is 0 Å². The molecule has 0 aromatic carbocycles. The highest BCUT2D eigenvalue weighted by atomic mass is 16.2. The number of hydrogen-bond acceptors (Lipinski definition) is 3. The summed E-state index contributed by atoms with van der Waals surface area (Å²) in [4.78, 5) is 13.7. The molecule has 0 aliphatic carbocycles. The third-order valence-corrected chi connectivity index (χ3v) is 3.05. The average Bonchev–Trinajstić information content (AvgIpc) is 2.60. The largest absolute Gasteiger partial charge is 0.341 e. The fraction of sp³-hybridized carbons (Fsp3) is 0.900. The monoisotopic (exact) mass is 197 g/mol. The third kappa shape index (κ3) is 2.45. The first-order chi connectivity index (χ1) is 6.86. The summed E-state index contributed by atoms with van der Waals surface area (Å²) in [6.45, 7) is 5.59. The second-order valence-corrected chi connectivity index (χ2v) is 4.23. The van der Waals surface area contributed by atoms with Crippen LogP contribution >= 0.6 is 0 Å². The Balaban J connectivity index is 1.84. The van der Waals surface area contributed by atoms with Gasteiger partial charge in [0.15, 0.2) is 0 Å². The summed E-state index contributed by atoms with van der Waals surface area (Å²) in [6, 6.07) is 0. The van der Waals surface area contributed by atoms with Crippen molar-refractivity contribution >= 4 is 5.91 Å². The van der Waals surface area contributed by atoms with Gasteiger partial charge < -0.3 is 15.5 Å². The van der Waals surface area contributed by atoms with Gasteiger partial charge in [0.25, 0.3) is 0 Å². The van der Waals surface area contributed by atoms with E-state index in [0.717, 1.165) is 39.1 Å². The van der Waals surface area contributed by atoms with Crippen molar-refractivity contribution < 1.29 is 4.79 Å². The molecule has 0 spiro atoms. The molecule has 1 unspecified atom stereocenters. The summed E-state index contributed by atoms with van der Waals surface area (Å²) in [5.74, 6) is 0.950. The van der Waals surface area contributed by atoms with Crippen LogP contribution in [-0.2, 0) is 4.79 Å². The fourth-order valence-electron chi connectivity index (χ4n) is 2.20. The molecule has 0 aromatic rings. The van der Waals surface area contributed by atoms with Crippen LogP contribution in [0.1, 0.15) is 12.8 Å². The average molecular weight is 197 g/mol. The fourth-order valence-corrected chi connectivity index (χ4v) is 2.20. The lowest BCUT2D eigenvalue weighted by atomic mass is 10.1. The van der Waals surface area contributed by atoms with E-state index in [1.54, 1.807) is 0 Å². The number of carbonyl (C=O) groups is 1. The quantitative estimate of drug-likeness (QED) is 0.622. The molecule has 2 aliphatic rings. The maximum absolute atomic E-state index is 11.6. The van der Waals surface area contributed by atoms with Crippen LogP contribution in [0.3, 0.4) is 0 Å². The predicted molar refractivity (Wildman–Crippen MR) is 55.0 cm³/mol. The van der Waals surface area contributed by atoms with E-state index in [1.165, 1.54) is 6.42 Å². The predicted octanol–water partition coefficient (Wildman–Crippen LogP) is -0.582. The van der Waals surface area contributed by atoms with Crippen molar-refractivity contribution in [3.05, 3.63) is 0 Å². The van der Waals surface area contributed by atoms with Gasteiger partial charge >= 0.3 is 0 Å². The second-order valence-electron chi connectivity index (χ2n) is 4.23. The number of rotatable bonds is 2. The molecule has 0 radical (unpaired) electrons. The van der Waals surface area contributed by atoms with Gasteiger partial charge in [-0.05, 0) is 38.4 Å². The van der Waals surface area contributed by atoms with Gasteiger partial charge in [0, 0.05) is 13.1 Å². The zero-order chi connectivity index (χ0) is 9.80. The molecule has 0 bridgehead atoms. The van der Waals surface area contributed by atoms with Crippen molar-refractivity contribution in [3.63, 3.8) is 0 Å². The van der Waals surface area contributed by atoms with Gasteiger partial charge in [-0.15, -0.1) is 0 Å². The molecule has 2 N–H and O–H groups in total. The van der Waals surface area contributed by atoms with Crippen molar-refractivity contribution in [3.8, 4) is 0 Å². The second kappa shape index (κ2) is 4.75. The van der Waals surface area contributed by atoms with Crippen LogP contribution in [0.25, 0.3) is 0 Å². The lowest BCUT2D eigenvalue weighted by Gasteiger charge is -2.23. The Labute approximate surface area is 85.0 Å². The van der Waals surface area contributed by atoms with E-state index in [-0.39, 0.29) is 5.91 Å². The van der Waals surface area contributed by atoms with E-state index < -0.39 is 0 Å². The van der Waals surface area contributed by atoms with Crippen LogP contribution in [0.2, 0.25) is 0 Å². The molecular formula is C10H19N3O. The zero-order valence-corrected chi connectivity index (χ0v) is 8.59. The lowest BCUT2D eigenvalue weighted by molar-refractivity contribution is -0.130. The van der Waals surface area contributed by atoms with E-state index in [0.29, 0.717) is 12.5 Å². The van der Waals surface area contributed by atoms with E-state index in [9.17, 15) is 4.79 Å². The van der Waals surface area contributed by atoms with Crippen molar-refractivity contribution in [1.29, 1.82) is 0 Å². The van der Waals surface area contributed by atoms with Crippen molar-refractivity contribution in [2.75, 3.05) is 39.3 Å². The minimum absolute atomic E-state index is 0.273. The summed E-state index contributed by atoms with van der Waals surface area (Å²) >= 11 is 0. The van der Waals surface area contributed by atoms with Gasteiger partial charge in [0.2, 0.25) is 5.91 Å². The molecule has 4 nitrogen and oxygen atoms in total. The van der Waals surface area contributed by atoms with Gasteiger partial charge in [-0.2, -0.15) is 0 Å². The number of amides is 1. The summed E-state index contributed by atoms with van der Waals surface area (Å²) in [7, 11) is 0. The lowest BCUT2D eigenvalue weighted by Crippen LogP contribution is -2.38. The third-order valence-electron chi connectivity index (χ3n) is 3.05. The van der Waals surface area contributed by atoms with Crippen molar-refractivity contribution in [2.24, 2.45) is 5.92 Å². The Morgan fingerprint density at radius 2 is 2.29 bits per heavy atom. The molecular weight excluding hydrogens is 178 g/mol. The SMILES string of the molecule is O=C1CNCCCN1CC1CCNC1. The highest BCUT2D eigenvalue weighted by Crippen LogP contribution is 2.10. The first-order valence-electron chi connectivity index (χ1n) is 5.55. The maximum Gasteiger partial charge on any atom is 0.236 e. The maximum atomic E-state index is 11.6. The van der Waals surface area contributed by atoms with Crippen LogP contribution in [0.4, 0.5) is 0 Å². The number of nitrogens with zero attached hydrogens (tertiary/aromatic N) is 1. The Bertz CT molecular complexity index is 202. The van der Waals surface area contributed by atoms with Crippen LogP contribution in [0.15, 0.2) is 0 Å². The van der Waals surface area contributed by atoms with Crippen LogP contribution in [0, 0.1) is 5.92 Å². The molecule has 0 aromatic heterocycles. The molecule has 4 heteroatoms. The van der Waals surface area contributed by atoms with Gasteiger partial charge in [-0.3, -0.25) is 4.79 Å². The van der Waals surface area contributed by atoms with Crippen molar-refractivity contribution in [2.45, 2.75) is 12.8 Å². The van der Waals surface area contributed by atoms with E-state index in [1.807, 2.05) is 4.90 Å². The molecule has 2 aliphatic heterocycles. The summed E-state index contributed by atoms with van der Waals surface area (Å²) in [5.41, 5.74) is 0. The van der Waals surface area contributed by atoms with Gasteiger partial charge in [-0.25, -0.2) is 0 Å². The van der Waals surface area contributed by atoms with E-state index in [2.05, 4.69) is 10.6 Å². The zero-order valence-electron chi connectivity index (χ0n) is 8.59. The first-order valence-corrected chi connectivity index (χ1v) is 5.55. The van der Waals surface area contributed by atoms with Gasteiger partial charge in [0.05, 0.1) is 6.54 Å². The van der Waals surface area contributed by atoms with Crippen molar-refractivity contribution in [1.82, 2.24) is 15.5 Å². The molecule has 2 rings (SSSR count). The molecule has 80 valence electrons. The molecule has 1 atom stereocenters. The smallest absolute Gasteiger partial charge is 0.236 e. The molecule has 2 fully saturated rings. The standard InChI is InChI=1S/C10H19N3O/c14-10-7-11-3-1-5-13(10)8-9-2-4-12-6-9/h9,11-12H,1-8H2. The Kier molecular flexibility index (Phi) is 3.37. The number of nitrogens with one attached hydrogen (secondary N) is 2. The van der Waals surface area contributed by atoms with Crippen LogP contribution < -0.4 is 10.6 Å². The summed E-state index contributed by atoms with van der Waals surface area (Å²) in [6.07, 6.45) is 2.31. The highest BCUT2D eigenvalue weighted by molar-refractivity contribution is 5.78. The van der Waals surface area contributed by atoms with Gasteiger partial charge in [0.1, 0.15) is 0 Å². The molecule has 2 heterocycles. The molecule has 0 saturated carbocycles. The molecule has 2 saturated heterocycles.